The molecule has 0 spiro atoms. The summed E-state index contributed by atoms with van der Waals surface area (Å²) in [5.74, 6) is 0. The van der Waals surface area contributed by atoms with Crippen LogP contribution in [0.15, 0.2) is 18.2 Å². The van der Waals surface area contributed by atoms with Crippen molar-refractivity contribution in [1.82, 2.24) is 4.98 Å². The second kappa shape index (κ2) is 5.24. The number of halogens is 3. The van der Waals surface area contributed by atoms with Crippen LogP contribution in [0, 0.1) is 0 Å². The number of thiazole rings is 1. The first-order chi connectivity index (χ1) is 8.50. The van der Waals surface area contributed by atoms with E-state index in [1.807, 2.05) is 0 Å². The Morgan fingerprint density at radius 2 is 2.00 bits per heavy atom. The summed E-state index contributed by atoms with van der Waals surface area (Å²) in [6, 6.07) is 3.70. The van der Waals surface area contributed by atoms with Crippen LogP contribution in [0.25, 0.3) is 10.2 Å². The summed E-state index contributed by atoms with van der Waals surface area (Å²) in [7, 11) is 0. The second-order valence-electron chi connectivity index (χ2n) is 4.03. The van der Waals surface area contributed by atoms with Crippen molar-refractivity contribution in [2.24, 2.45) is 5.73 Å². The number of hydrogen-bond donors (Lipinski definition) is 1. The standard InChI is InChI=1S/C12H13F3N2S/c13-12(14,15)8-4-5-10-9(7-8)17-11(18-10)3-1-2-6-16/h4-5,7H,1-3,6,16H2. The second-order valence-corrected chi connectivity index (χ2v) is 5.15. The summed E-state index contributed by atoms with van der Waals surface area (Å²) in [6.45, 7) is 0.628. The number of alkyl halides is 3. The van der Waals surface area contributed by atoms with E-state index in [2.05, 4.69) is 4.98 Å². The van der Waals surface area contributed by atoms with Crippen LogP contribution in [0.4, 0.5) is 13.2 Å². The Labute approximate surface area is 107 Å². The van der Waals surface area contributed by atoms with Gasteiger partial charge in [-0.05, 0) is 44.0 Å². The molecule has 2 aromatic rings. The van der Waals surface area contributed by atoms with Gasteiger partial charge in [0.2, 0.25) is 0 Å². The van der Waals surface area contributed by atoms with Gasteiger partial charge in [-0.15, -0.1) is 11.3 Å². The van der Waals surface area contributed by atoms with Gasteiger partial charge in [-0.2, -0.15) is 13.2 Å². The Morgan fingerprint density at radius 1 is 1.22 bits per heavy atom. The van der Waals surface area contributed by atoms with Crippen molar-refractivity contribution in [3.05, 3.63) is 28.8 Å². The minimum Gasteiger partial charge on any atom is -0.330 e. The zero-order chi connectivity index (χ0) is 13.2. The molecule has 2 nitrogen and oxygen atoms in total. The molecule has 1 heterocycles. The van der Waals surface area contributed by atoms with Crippen molar-refractivity contribution in [3.8, 4) is 0 Å². The lowest BCUT2D eigenvalue weighted by Crippen LogP contribution is -2.03. The van der Waals surface area contributed by atoms with E-state index in [-0.39, 0.29) is 0 Å². The molecule has 0 radical (unpaired) electrons. The van der Waals surface area contributed by atoms with Crippen molar-refractivity contribution in [2.45, 2.75) is 25.4 Å². The third-order valence-electron chi connectivity index (χ3n) is 2.60. The molecule has 18 heavy (non-hydrogen) atoms. The van der Waals surface area contributed by atoms with Gasteiger partial charge in [0.1, 0.15) is 0 Å². The number of unbranched alkanes of at least 4 members (excludes halogenated alkanes) is 1. The molecule has 0 amide bonds. The van der Waals surface area contributed by atoms with Crippen molar-refractivity contribution in [3.63, 3.8) is 0 Å². The predicted octanol–water partition coefficient (Wildman–Crippen LogP) is 3.60. The molecule has 0 atom stereocenters. The van der Waals surface area contributed by atoms with E-state index in [1.54, 1.807) is 0 Å². The van der Waals surface area contributed by atoms with Gasteiger partial charge in [-0.1, -0.05) is 0 Å². The highest BCUT2D eigenvalue weighted by Gasteiger charge is 2.30. The van der Waals surface area contributed by atoms with Gasteiger partial charge in [0.05, 0.1) is 20.8 Å². The molecule has 0 aliphatic rings. The summed E-state index contributed by atoms with van der Waals surface area (Å²) < 4.78 is 38.4. The van der Waals surface area contributed by atoms with E-state index in [4.69, 9.17) is 5.73 Å². The highest BCUT2D eigenvalue weighted by atomic mass is 32.1. The van der Waals surface area contributed by atoms with E-state index in [0.29, 0.717) is 12.1 Å². The zero-order valence-corrected chi connectivity index (χ0v) is 10.4. The van der Waals surface area contributed by atoms with Gasteiger partial charge in [0, 0.05) is 0 Å². The van der Waals surface area contributed by atoms with Crippen molar-refractivity contribution < 1.29 is 13.2 Å². The topological polar surface area (TPSA) is 38.9 Å². The van der Waals surface area contributed by atoms with E-state index < -0.39 is 11.7 Å². The normalized spacial score (nSPS) is 12.2. The average Bonchev–Trinajstić information content (AvgIpc) is 2.69. The van der Waals surface area contributed by atoms with Crippen LogP contribution in [-0.4, -0.2) is 11.5 Å². The van der Waals surface area contributed by atoms with Gasteiger partial charge in [0.25, 0.3) is 0 Å². The molecule has 0 unspecified atom stereocenters. The molecular weight excluding hydrogens is 261 g/mol. The first kappa shape index (κ1) is 13.3. The Bertz CT molecular complexity index is 534. The third kappa shape index (κ3) is 3.00. The molecule has 0 aliphatic carbocycles. The third-order valence-corrected chi connectivity index (χ3v) is 3.70. The summed E-state index contributed by atoms with van der Waals surface area (Å²) in [5.41, 5.74) is 5.18. The first-order valence-corrected chi connectivity index (χ1v) is 6.49. The molecule has 98 valence electrons. The number of nitrogens with two attached hydrogens (primary N) is 1. The highest BCUT2D eigenvalue weighted by molar-refractivity contribution is 7.18. The van der Waals surface area contributed by atoms with Crippen LogP contribution < -0.4 is 5.73 Å². The fraction of sp³-hybridized carbons (Fsp3) is 0.417. The van der Waals surface area contributed by atoms with Crippen molar-refractivity contribution in [1.29, 1.82) is 0 Å². The maximum absolute atomic E-state index is 12.5. The molecular formula is C12H13F3N2S. The van der Waals surface area contributed by atoms with Crippen molar-refractivity contribution >= 4 is 21.6 Å². The van der Waals surface area contributed by atoms with E-state index in [0.717, 1.165) is 41.1 Å². The summed E-state index contributed by atoms with van der Waals surface area (Å²) in [6.07, 6.45) is -1.71. The minimum absolute atomic E-state index is 0.428. The molecule has 0 saturated carbocycles. The Kier molecular flexibility index (Phi) is 3.87. The minimum atomic E-state index is -4.31. The first-order valence-electron chi connectivity index (χ1n) is 5.67. The highest BCUT2D eigenvalue weighted by Crippen LogP contribution is 2.33. The number of rotatable bonds is 4. The summed E-state index contributed by atoms with van der Waals surface area (Å²) in [4.78, 5) is 4.24. The summed E-state index contributed by atoms with van der Waals surface area (Å²) in [5, 5.41) is 0.873. The van der Waals surface area contributed by atoms with E-state index in [1.165, 1.54) is 17.4 Å². The quantitative estimate of drug-likeness (QED) is 0.865. The van der Waals surface area contributed by atoms with Crippen LogP contribution in [-0.2, 0) is 12.6 Å². The van der Waals surface area contributed by atoms with Crippen LogP contribution >= 0.6 is 11.3 Å². The molecule has 1 aromatic heterocycles. The lowest BCUT2D eigenvalue weighted by molar-refractivity contribution is -0.137. The van der Waals surface area contributed by atoms with Gasteiger partial charge in [0.15, 0.2) is 0 Å². The molecule has 0 aliphatic heterocycles. The number of benzene rings is 1. The summed E-state index contributed by atoms with van der Waals surface area (Å²) >= 11 is 1.45. The van der Waals surface area contributed by atoms with E-state index in [9.17, 15) is 13.2 Å². The lowest BCUT2D eigenvalue weighted by atomic mass is 10.2. The fourth-order valence-electron chi connectivity index (χ4n) is 1.68. The SMILES string of the molecule is NCCCCc1nc2cc(C(F)(F)F)ccc2s1. The Hall–Kier alpha value is -1.14. The zero-order valence-electron chi connectivity index (χ0n) is 9.63. The predicted molar refractivity (Wildman–Crippen MR) is 66.6 cm³/mol. The van der Waals surface area contributed by atoms with Crippen LogP contribution in [0.1, 0.15) is 23.4 Å². The van der Waals surface area contributed by atoms with Gasteiger partial charge >= 0.3 is 6.18 Å². The number of nitrogens with zero attached hydrogens (tertiary/aromatic N) is 1. The van der Waals surface area contributed by atoms with Gasteiger partial charge in [-0.3, -0.25) is 0 Å². The fourth-order valence-corrected chi connectivity index (χ4v) is 2.67. The van der Waals surface area contributed by atoms with Gasteiger partial charge in [-0.25, -0.2) is 4.98 Å². The number of fused-ring (bicyclic) bond motifs is 1. The Balaban J connectivity index is 2.23. The maximum Gasteiger partial charge on any atom is 0.416 e. The Morgan fingerprint density at radius 3 is 2.67 bits per heavy atom. The molecule has 1 aromatic carbocycles. The molecule has 0 bridgehead atoms. The van der Waals surface area contributed by atoms with Crippen LogP contribution in [0.3, 0.4) is 0 Å². The lowest BCUT2D eigenvalue weighted by Gasteiger charge is -2.04. The van der Waals surface area contributed by atoms with Crippen LogP contribution in [0.2, 0.25) is 0 Å². The van der Waals surface area contributed by atoms with Crippen molar-refractivity contribution in [2.75, 3.05) is 6.54 Å². The molecule has 2 rings (SSSR count). The van der Waals surface area contributed by atoms with Crippen LogP contribution in [0.5, 0.6) is 0 Å². The largest absolute Gasteiger partial charge is 0.416 e. The number of aryl methyl sites for hydroxylation is 1. The molecule has 2 N–H and O–H groups in total. The number of hydrogen-bond acceptors (Lipinski definition) is 3. The molecule has 0 saturated heterocycles. The van der Waals surface area contributed by atoms with E-state index >= 15 is 0 Å². The monoisotopic (exact) mass is 274 g/mol. The maximum atomic E-state index is 12.5. The smallest absolute Gasteiger partial charge is 0.330 e. The molecule has 0 fully saturated rings. The average molecular weight is 274 g/mol. The molecule has 6 heteroatoms. The van der Waals surface area contributed by atoms with Gasteiger partial charge < -0.3 is 5.73 Å². The number of aromatic nitrogens is 1.